The molecule has 1 unspecified atom stereocenters. The first kappa shape index (κ1) is 22.4. The molecule has 2 heterocycles. The first-order valence-electron chi connectivity index (χ1n) is 9.20. The smallest absolute Gasteiger partial charge is 0.410 e. The standard InChI is InChI=1S/C18H29N3O6S/c1-18(2,3)27-17(23)21-7-5-6-13(10-21)12-26-15-9-20-14(11-22)8-16(15)28(24,25)19-4/h8-9,13,19,22H,5-7,10-12H2,1-4H3. The molecule has 2 rings (SSSR count). The van der Waals surface area contributed by atoms with Gasteiger partial charge in [-0.15, -0.1) is 0 Å². The Balaban J connectivity index is 2.06. The van der Waals surface area contributed by atoms with Crippen molar-refractivity contribution in [3.05, 3.63) is 18.0 Å². The Morgan fingerprint density at radius 3 is 2.75 bits per heavy atom. The molecule has 0 aromatic carbocycles. The van der Waals surface area contributed by atoms with E-state index < -0.39 is 15.6 Å². The van der Waals surface area contributed by atoms with Crippen molar-refractivity contribution in [2.75, 3.05) is 26.7 Å². The van der Waals surface area contributed by atoms with Crippen LogP contribution in [0.5, 0.6) is 5.75 Å². The number of ether oxygens (including phenoxy) is 2. The fraction of sp³-hybridized carbons (Fsp3) is 0.667. The van der Waals surface area contributed by atoms with Crippen LogP contribution in [0.25, 0.3) is 0 Å². The lowest BCUT2D eigenvalue weighted by Gasteiger charge is -2.34. The van der Waals surface area contributed by atoms with E-state index in [0.29, 0.717) is 13.1 Å². The average Bonchev–Trinajstić information content (AvgIpc) is 2.65. The van der Waals surface area contributed by atoms with Crippen LogP contribution in [0.4, 0.5) is 4.79 Å². The number of aromatic nitrogens is 1. The van der Waals surface area contributed by atoms with Gasteiger partial charge in [0.2, 0.25) is 10.0 Å². The average molecular weight is 416 g/mol. The van der Waals surface area contributed by atoms with E-state index in [2.05, 4.69) is 9.71 Å². The summed E-state index contributed by atoms with van der Waals surface area (Å²) in [6.07, 6.45) is 2.61. The second kappa shape index (κ2) is 9.06. The Kier molecular flexibility index (Phi) is 7.24. The molecule has 28 heavy (non-hydrogen) atoms. The van der Waals surface area contributed by atoms with Gasteiger partial charge in [0.25, 0.3) is 0 Å². The van der Waals surface area contributed by atoms with Gasteiger partial charge in [-0.3, -0.25) is 4.98 Å². The molecule has 1 aliphatic rings. The number of nitrogens with zero attached hydrogens (tertiary/aromatic N) is 2. The van der Waals surface area contributed by atoms with Crippen molar-refractivity contribution in [1.82, 2.24) is 14.6 Å². The molecule has 0 saturated carbocycles. The maximum atomic E-state index is 12.3. The number of pyridine rings is 1. The van der Waals surface area contributed by atoms with Gasteiger partial charge in [0.1, 0.15) is 10.5 Å². The highest BCUT2D eigenvalue weighted by Gasteiger charge is 2.28. The van der Waals surface area contributed by atoms with Crippen LogP contribution in [0.3, 0.4) is 0 Å². The van der Waals surface area contributed by atoms with E-state index in [9.17, 15) is 18.3 Å². The maximum Gasteiger partial charge on any atom is 0.410 e. The number of amides is 1. The van der Waals surface area contributed by atoms with Crippen molar-refractivity contribution in [2.24, 2.45) is 5.92 Å². The van der Waals surface area contributed by atoms with Gasteiger partial charge in [0.05, 0.1) is 25.1 Å². The monoisotopic (exact) mass is 415 g/mol. The summed E-state index contributed by atoms with van der Waals surface area (Å²) in [4.78, 5) is 17.9. The fourth-order valence-electron chi connectivity index (χ4n) is 2.88. The van der Waals surface area contributed by atoms with Crippen molar-refractivity contribution in [1.29, 1.82) is 0 Å². The molecule has 10 heteroatoms. The fourth-order valence-corrected chi connectivity index (χ4v) is 3.77. The predicted molar refractivity (Wildman–Crippen MR) is 102 cm³/mol. The van der Waals surface area contributed by atoms with E-state index in [1.807, 2.05) is 20.8 Å². The van der Waals surface area contributed by atoms with Crippen LogP contribution >= 0.6 is 0 Å². The minimum absolute atomic E-state index is 0.0453. The second-order valence-electron chi connectivity index (χ2n) is 7.73. The van der Waals surface area contributed by atoms with Crippen LogP contribution in [0.15, 0.2) is 17.2 Å². The Bertz CT molecular complexity index is 791. The van der Waals surface area contributed by atoms with Gasteiger partial charge in [0, 0.05) is 19.0 Å². The molecule has 1 aromatic rings. The van der Waals surface area contributed by atoms with Crippen LogP contribution in [0, 0.1) is 5.92 Å². The topological polar surface area (TPSA) is 118 Å². The van der Waals surface area contributed by atoms with Gasteiger partial charge in [-0.2, -0.15) is 0 Å². The van der Waals surface area contributed by atoms with Gasteiger partial charge in [-0.25, -0.2) is 17.9 Å². The zero-order chi connectivity index (χ0) is 20.9. The third kappa shape index (κ3) is 6.05. The van der Waals surface area contributed by atoms with E-state index in [1.54, 1.807) is 4.90 Å². The Hall–Kier alpha value is -1.91. The van der Waals surface area contributed by atoms with E-state index in [1.165, 1.54) is 19.3 Å². The lowest BCUT2D eigenvalue weighted by Crippen LogP contribution is -2.44. The largest absolute Gasteiger partial charge is 0.490 e. The summed E-state index contributed by atoms with van der Waals surface area (Å²) in [6, 6.07) is 1.29. The van der Waals surface area contributed by atoms with Crippen molar-refractivity contribution >= 4 is 16.1 Å². The number of hydrogen-bond donors (Lipinski definition) is 2. The lowest BCUT2D eigenvalue weighted by molar-refractivity contribution is 0.0138. The highest BCUT2D eigenvalue weighted by Crippen LogP contribution is 2.26. The number of aliphatic hydroxyl groups is 1. The molecule has 158 valence electrons. The molecule has 1 saturated heterocycles. The summed E-state index contributed by atoms with van der Waals surface area (Å²) in [6.45, 7) is 6.43. The number of sulfonamides is 1. The zero-order valence-corrected chi connectivity index (χ0v) is 17.6. The molecular formula is C18H29N3O6S. The number of carbonyl (C=O) groups excluding carboxylic acids is 1. The van der Waals surface area contributed by atoms with Crippen LogP contribution in [-0.4, -0.2) is 61.8 Å². The minimum Gasteiger partial charge on any atom is -0.490 e. The highest BCUT2D eigenvalue weighted by molar-refractivity contribution is 7.89. The summed E-state index contributed by atoms with van der Waals surface area (Å²) in [5.74, 6) is 0.157. The van der Waals surface area contributed by atoms with Gasteiger partial charge in [-0.1, -0.05) is 0 Å². The molecule has 0 spiro atoms. The minimum atomic E-state index is -3.77. The van der Waals surface area contributed by atoms with Crippen LogP contribution in [-0.2, 0) is 21.4 Å². The third-order valence-corrected chi connectivity index (χ3v) is 5.69. The number of piperidine rings is 1. The number of aliphatic hydroxyl groups excluding tert-OH is 1. The van der Waals surface area contributed by atoms with Gasteiger partial charge < -0.3 is 19.5 Å². The molecule has 1 aliphatic heterocycles. The molecular weight excluding hydrogens is 386 g/mol. The molecule has 2 N–H and O–H groups in total. The van der Waals surface area contributed by atoms with E-state index >= 15 is 0 Å². The number of rotatable bonds is 6. The SMILES string of the molecule is CNS(=O)(=O)c1cc(CO)ncc1OCC1CCCN(C(=O)OC(C)(C)C)C1. The summed E-state index contributed by atoms with van der Waals surface area (Å²) >= 11 is 0. The van der Waals surface area contributed by atoms with E-state index in [4.69, 9.17) is 9.47 Å². The third-order valence-electron chi connectivity index (χ3n) is 4.25. The van der Waals surface area contributed by atoms with Gasteiger partial charge in [0.15, 0.2) is 5.75 Å². The van der Waals surface area contributed by atoms with Crippen LogP contribution in [0.2, 0.25) is 0 Å². The molecule has 0 aliphatic carbocycles. The summed E-state index contributed by atoms with van der Waals surface area (Å²) in [5.41, 5.74) is -0.327. The highest BCUT2D eigenvalue weighted by atomic mass is 32.2. The van der Waals surface area contributed by atoms with Gasteiger partial charge >= 0.3 is 6.09 Å². The quantitative estimate of drug-likeness (QED) is 0.723. The summed E-state index contributed by atoms with van der Waals surface area (Å²) in [7, 11) is -2.47. The Morgan fingerprint density at radius 1 is 1.43 bits per heavy atom. The van der Waals surface area contributed by atoms with Gasteiger partial charge in [-0.05, 0) is 46.7 Å². The predicted octanol–water partition coefficient (Wildman–Crippen LogP) is 1.51. The molecule has 0 bridgehead atoms. The molecule has 1 amide bonds. The van der Waals surface area contributed by atoms with Crippen molar-refractivity contribution < 1.29 is 27.8 Å². The summed E-state index contributed by atoms with van der Waals surface area (Å²) in [5, 5.41) is 9.22. The molecule has 0 radical (unpaired) electrons. The second-order valence-corrected chi connectivity index (χ2v) is 9.59. The Labute approximate surface area is 166 Å². The first-order valence-corrected chi connectivity index (χ1v) is 10.7. The molecule has 1 fully saturated rings. The molecule has 1 atom stereocenters. The van der Waals surface area contributed by atoms with Crippen molar-refractivity contribution in [2.45, 2.75) is 50.7 Å². The molecule has 9 nitrogen and oxygen atoms in total. The normalized spacial score (nSPS) is 18.0. The van der Waals surface area contributed by atoms with Crippen LogP contribution in [0.1, 0.15) is 39.3 Å². The molecule has 1 aromatic heterocycles. The maximum absolute atomic E-state index is 12.3. The number of hydrogen-bond acceptors (Lipinski definition) is 7. The van der Waals surface area contributed by atoms with E-state index in [-0.39, 0.29) is 41.6 Å². The zero-order valence-electron chi connectivity index (χ0n) is 16.8. The number of likely N-dealkylation sites (tertiary alicyclic amines) is 1. The van der Waals surface area contributed by atoms with Crippen LogP contribution < -0.4 is 9.46 Å². The van der Waals surface area contributed by atoms with Crippen molar-refractivity contribution in [3.63, 3.8) is 0 Å². The lowest BCUT2D eigenvalue weighted by atomic mass is 9.99. The number of carbonyl (C=O) groups is 1. The van der Waals surface area contributed by atoms with E-state index in [0.717, 1.165) is 12.8 Å². The Morgan fingerprint density at radius 2 is 2.14 bits per heavy atom. The number of nitrogens with one attached hydrogen (secondary N) is 1. The van der Waals surface area contributed by atoms with Crippen molar-refractivity contribution in [3.8, 4) is 5.75 Å². The summed E-state index contributed by atoms with van der Waals surface area (Å²) < 4.78 is 37.9. The first-order chi connectivity index (χ1) is 13.1.